The van der Waals surface area contributed by atoms with Crippen molar-refractivity contribution in [2.45, 2.75) is 45.3 Å². The van der Waals surface area contributed by atoms with Gasteiger partial charge in [0.15, 0.2) is 0 Å². The number of carbonyl (C=O) groups is 1. The Hall–Kier alpha value is -0.860. The Morgan fingerprint density at radius 3 is 2.50 bits per heavy atom. The van der Waals surface area contributed by atoms with Gasteiger partial charge in [-0.3, -0.25) is 0 Å². The summed E-state index contributed by atoms with van der Waals surface area (Å²) in [5.41, 5.74) is 5.50. The summed E-state index contributed by atoms with van der Waals surface area (Å²) >= 11 is 0. The van der Waals surface area contributed by atoms with Crippen LogP contribution in [0.4, 0.5) is 4.79 Å². The number of hydrogen-bond donors (Lipinski definition) is 2. The van der Waals surface area contributed by atoms with Gasteiger partial charge in [-0.2, -0.15) is 12.7 Å². The average molecular weight is 279 g/mol. The van der Waals surface area contributed by atoms with Gasteiger partial charge in [0.2, 0.25) is 0 Å². The molecule has 0 saturated carbocycles. The summed E-state index contributed by atoms with van der Waals surface area (Å²) in [5.74, 6) is 0. The smallest absolute Gasteiger partial charge is 0.422 e. The van der Waals surface area contributed by atoms with Gasteiger partial charge in [-0.25, -0.2) is 9.52 Å². The third kappa shape index (κ3) is 3.82. The molecule has 0 aromatic rings. The van der Waals surface area contributed by atoms with Crippen LogP contribution in [0.3, 0.4) is 0 Å². The number of nitrogens with two attached hydrogens (primary N) is 1. The van der Waals surface area contributed by atoms with Gasteiger partial charge in [-0.15, -0.1) is 0 Å². The fourth-order valence-electron chi connectivity index (χ4n) is 1.89. The molecule has 7 nitrogen and oxygen atoms in total. The third-order valence-corrected chi connectivity index (χ3v) is 3.99. The SMILES string of the molecule is CCCC1(N)CN(S(=O)(=O)NC(=O)OC(C)C)C1. The summed E-state index contributed by atoms with van der Waals surface area (Å²) in [6, 6.07) is 0. The molecule has 0 radical (unpaired) electrons. The molecule has 0 unspecified atom stereocenters. The first-order valence-corrected chi connectivity index (χ1v) is 7.40. The monoisotopic (exact) mass is 279 g/mol. The molecule has 1 aliphatic heterocycles. The molecule has 0 aromatic carbocycles. The zero-order valence-corrected chi connectivity index (χ0v) is 11.8. The maximum absolute atomic E-state index is 11.8. The van der Waals surface area contributed by atoms with E-state index in [2.05, 4.69) is 0 Å². The molecule has 106 valence electrons. The first kappa shape index (κ1) is 15.2. The molecule has 0 aromatic heterocycles. The number of amides is 1. The summed E-state index contributed by atoms with van der Waals surface area (Å²) in [6.45, 7) is 5.73. The van der Waals surface area contributed by atoms with Crippen LogP contribution >= 0.6 is 0 Å². The number of hydrogen-bond acceptors (Lipinski definition) is 5. The van der Waals surface area contributed by atoms with Crippen LogP contribution in [0.5, 0.6) is 0 Å². The van der Waals surface area contributed by atoms with Gasteiger partial charge in [0, 0.05) is 18.6 Å². The van der Waals surface area contributed by atoms with E-state index in [-0.39, 0.29) is 19.2 Å². The molecule has 1 rings (SSSR count). The van der Waals surface area contributed by atoms with Gasteiger partial charge >= 0.3 is 16.3 Å². The van der Waals surface area contributed by atoms with Crippen LogP contribution in [-0.2, 0) is 14.9 Å². The van der Waals surface area contributed by atoms with E-state index in [0.29, 0.717) is 0 Å². The highest BCUT2D eigenvalue weighted by Crippen LogP contribution is 2.25. The minimum Gasteiger partial charge on any atom is -0.446 e. The van der Waals surface area contributed by atoms with Gasteiger partial charge in [0.1, 0.15) is 0 Å². The van der Waals surface area contributed by atoms with Crippen LogP contribution in [0.25, 0.3) is 0 Å². The van der Waals surface area contributed by atoms with E-state index in [4.69, 9.17) is 10.5 Å². The summed E-state index contributed by atoms with van der Waals surface area (Å²) in [6.07, 6.45) is 0.322. The Labute approximate surface area is 108 Å². The van der Waals surface area contributed by atoms with Crippen molar-refractivity contribution in [1.29, 1.82) is 0 Å². The van der Waals surface area contributed by atoms with Crippen LogP contribution in [-0.4, -0.2) is 43.5 Å². The average Bonchev–Trinajstić information content (AvgIpc) is 2.11. The standard InChI is InChI=1S/C10H21N3O4S/c1-4-5-10(11)6-13(7-10)18(15,16)12-9(14)17-8(2)3/h8H,4-7,11H2,1-3H3,(H,12,14). The predicted octanol–water partition coefficient (Wildman–Crippen LogP) is 0.179. The predicted molar refractivity (Wildman–Crippen MR) is 67.1 cm³/mol. The zero-order chi connectivity index (χ0) is 14.0. The Morgan fingerprint density at radius 1 is 1.50 bits per heavy atom. The summed E-state index contributed by atoms with van der Waals surface area (Å²) in [5, 5.41) is 0. The van der Waals surface area contributed by atoms with Crippen molar-refractivity contribution in [1.82, 2.24) is 9.03 Å². The molecule has 0 bridgehead atoms. The first-order valence-electron chi connectivity index (χ1n) is 5.96. The van der Waals surface area contributed by atoms with E-state index < -0.39 is 21.8 Å². The molecule has 1 fully saturated rings. The van der Waals surface area contributed by atoms with Crippen LogP contribution in [0, 0.1) is 0 Å². The van der Waals surface area contributed by atoms with Crippen molar-refractivity contribution in [3.8, 4) is 0 Å². The van der Waals surface area contributed by atoms with Gasteiger partial charge < -0.3 is 10.5 Å². The molecule has 1 heterocycles. The number of rotatable bonds is 5. The minimum absolute atomic E-state index is 0.227. The molecular weight excluding hydrogens is 258 g/mol. The topological polar surface area (TPSA) is 102 Å². The maximum atomic E-state index is 11.8. The third-order valence-electron chi connectivity index (χ3n) is 2.63. The van der Waals surface area contributed by atoms with Crippen LogP contribution in [0.1, 0.15) is 33.6 Å². The Bertz CT molecular complexity index is 401. The van der Waals surface area contributed by atoms with Crippen molar-refractivity contribution in [2.24, 2.45) is 5.73 Å². The Balaban J connectivity index is 2.50. The first-order chi connectivity index (χ1) is 8.18. The molecule has 1 aliphatic rings. The van der Waals surface area contributed by atoms with E-state index in [0.717, 1.165) is 17.1 Å². The number of nitrogens with one attached hydrogen (secondary N) is 1. The highest BCUT2D eigenvalue weighted by Gasteiger charge is 2.45. The lowest BCUT2D eigenvalue weighted by molar-refractivity contribution is 0.117. The fourth-order valence-corrected chi connectivity index (χ4v) is 3.13. The highest BCUT2D eigenvalue weighted by atomic mass is 32.2. The lowest BCUT2D eigenvalue weighted by atomic mass is 9.89. The largest absolute Gasteiger partial charge is 0.446 e. The summed E-state index contributed by atoms with van der Waals surface area (Å²) < 4.78 is 31.2. The lowest BCUT2D eigenvalue weighted by Gasteiger charge is -2.46. The van der Waals surface area contributed by atoms with Crippen LogP contribution in [0.2, 0.25) is 0 Å². The van der Waals surface area contributed by atoms with Gasteiger partial charge in [0.05, 0.1) is 6.10 Å². The van der Waals surface area contributed by atoms with Crippen LogP contribution < -0.4 is 10.5 Å². The second-order valence-electron chi connectivity index (χ2n) is 4.94. The van der Waals surface area contributed by atoms with E-state index in [1.165, 1.54) is 0 Å². The summed E-state index contributed by atoms with van der Waals surface area (Å²) in [7, 11) is -3.83. The van der Waals surface area contributed by atoms with Crippen molar-refractivity contribution < 1.29 is 17.9 Å². The molecule has 8 heteroatoms. The number of carbonyl (C=O) groups excluding carboxylic acids is 1. The van der Waals surface area contributed by atoms with Crippen molar-refractivity contribution >= 4 is 16.3 Å². The van der Waals surface area contributed by atoms with Crippen molar-refractivity contribution in [3.63, 3.8) is 0 Å². The Kier molecular flexibility index (Phi) is 4.57. The highest BCUT2D eigenvalue weighted by molar-refractivity contribution is 7.87. The molecule has 0 aliphatic carbocycles. The second kappa shape index (κ2) is 5.41. The van der Waals surface area contributed by atoms with Gasteiger partial charge in [-0.1, -0.05) is 13.3 Å². The molecular formula is C10H21N3O4S. The van der Waals surface area contributed by atoms with E-state index in [9.17, 15) is 13.2 Å². The maximum Gasteiger partial charge on any atom is 0.422 e. The van der Waals surface area contributed by atoms with E-state index >= 15 is 0 Å². The van der Waals surface area contributed by atoms with Crippen molar-refractivity contribution in [2.75, 3.05) is 13.1 Å². The van der Waals surface area contributed by atoms with Crippen LogP contribution in [0.15, 0.2) is 0 Å². The summed E-state index contributed by atoms with van der Waals surface area (Å²) in [4.78, 5) is 11.2. The lowest BCUT2D eigenvalue weighted by Crippen LogP contribution is -2.70. The fraction of sp³-hybridized carbons (Fsp3) is 0.900. The van der Waals surface area contributed by atoms with E-state index in [1.807, 2.05) is 11.6 Å². The minimum atomic E-state index is -3.83. The normalized spacial score (nSPS) is 19.4. The quantitative estimate of drug-likeness (QED) is 0.747. The van der Waals surface area contributed by atoms with Crippen molar-refractivity contribution in [3.05, 3.63) is 0 Å². The zero-order valence-electron chi connectivity index (χ0n) is 11.0. The molecule has 3 N–H and O–H groups in total. The second-order valence-corrected chi connectivity index (χ2v) is 6.61. The molecule has 18 heavy (non-hydrogen) atoms. The Morgan fingerprint density at radius 2 is 2.06 bits per heavy atom. The molecule has 0 spiro atoms. The number of nitrogens with zero attached hydrogens (tertiary/aromatic N) is 1. The van der Waals surface area contributed by atoms with Gasteiger partial charge in [0.25, 0.3) is 0 Å². The molecule has 1 saturated heterocycles. The number of ether oxygens (including phenoxy) is 1. The van der Waals surface area contributed by atoms with E-state index in [1.54, 1.807) is 13.8 Å². The molecule has 0 atom stereocenters. The molecule has 1 amide bonds. The van der Waals surface area contributed by atoms with Gasteiger partial charge in [-0.05, 0) is 20.3 Å².